The summed E-state index contributed by atoms with van der Waals surface area (Å²) in [5, 5.41) is 4.83. The predicted octanol–water partition coefficient (Wildman–Crippen LogP) is 5.74. The van der Waals surface area contributed by atoms with Crippen molar-refractivity contribution in [1.29, 1.82) is 0 Å². The molecular weight excluding hydrogens is 304 g/mol. The zero-order chi connectivity index (χ0) is 17.1. The van der Waals surface area contributed by atoms with E-state index in [4.69, 9.17) is 4.98 Å². The number of nitrogens with one attached hydrogen (secondary N) is 1. The number of para-hydroxylation sites is 1. The minimum absolute atomic E-state index is 0.0652. The number of pyridine rings is 1. The quantitative estimate of drug-likeness (QED) is 0.517. The Labute approximate surface area is 148 Å². The van der Waals surface area contributed by atoms with Gasteiger partial charge in [-0.2, -0.15) is 0 Å². The van der Waals surface area contributed by atoms with Gasteiger partial charge in [-0.3, -0.25) is 0 Å². The van der Waals surface area contributed by atoms with Crippen molar-refractivity contribution in [2.45, 2.75) is 13.0 Å². The van der Waals surface area contributed by atoms with E-state index in [-0.39, 0.29) is 6.04 Å². The number of anilines is 1. The highest BCUT2D eigenvalue weighted by molar-refractivity contribution is 5.83. The van der Waals surface area contributed by atoms with Crippen LogP contribution in [0, 0.1) is 6.92 Å². The Morgan fingerprint density at radius 3 is 1.92 bits per heavy atom. The fourth-order valence-corrected chi connectivity index (χ4v) is 3.22. The number of aromatic nitrogens is 1. The molecule has 2 nitrogen and oxygen atoms in total. The molecule has 0 amide bonds. The van der Waals surface area contributed by atoms with Gasteiger partial charge in [0.1, 0.15) is 5.82 Å². The van der Waals surface area contributed by atoms with Gasteiger partial charge in [0.15, 0.2) is 0 Å². The van der Waals surface area contributed by atoms with Crippen LogP contribution in [0.25, 0.3) is 10.9 Å². The van der Waals surface area contributed by atoms with Crippen LogP contribution < -0.4 is 5.32 Å². The second kappa shape index (κ2) is 6.78. The first kappa shape index (κ1) is 15.4. The van der Waals surface area contributed by atoms with Gasteiger partial charge in [-0.15, -0.1) is 0 Å². The number of hydrogen-bond donors (Lipinski definition) is 1. The van der Waals surface area contributed by atoms with Crippen LogP contribution >= 0.6 is 0 Å². The number of aryl methyl sites for hydroxylation is 1. The van der Waals surface area contributed by atoms with Crippen molar-refractivity contribution in [3.8, 4) is 0 Å². The maximum atomic E-state index is 4.82. The maximum absolute atomic E-state index is 4.82. The van der Waals surface area contributed by atoms with Gasteiger partial charge in [-0.25, -0.2) is 4.98 Å². The summed E-state index contributed by atoms with van der Waals surface area (Å²) in [5.41, 5.74) is 4.69. The first-order valence-electron chi connectivity index (χ1n) is 8.54. The Morgan fingerprint density at radius 1 is 0.720 bits per heavy atom. The van der Waals surface area contributed by atoms with E-state index in [1.54, 1.807) is 0 Å². The van der Waals surface area contributed by atoms with E-state index >= 15 is 0 Å². The summed E-state index contributed by atoms with van der Waals surface area (Å²) < 4.78 is 0. The third-order valence-corrected chi connectivity index (χ3v) is 4.48. The standard InChI is InChI=1S/C23H20N2/c1-17-16-22(24-21-15-9-8-14-20(17)21)25-23(18-10-4-2-5-11-18)19-12-6-3-7-13-19/h2-16,23H,1H3,(H,24,25). The molecule has 0 fully saturated rings. The molecule has 0 atom stereocenters. The summed E-state index contributed by atoms with van der Waals surface area (Å²) in [6.07, 6.45) is 0. The number of benzene rings is 3. The third-order valence-electron chi connectivity index (χ3n) is 4.48. The lowest BCUT2D eigenvalue weighted by Gasteiger charge is -2.21. The predicted molar refractivity (Wildman–Crippen MR) is 105 cm³/mol. The molecule has 0 spiro atoms. The summed E-state index contributed by atoms with van der Waals surface area (Å²) >= 11 is 0. The van der Waals surface area contributed by atoms with Gasteiger partial charge in [0.05, 0.1) is 11.6 Å². The lowest BCUT2D eigenvalue weighted by Crippen LogP contribution is -2.13. The Balaban J connectivity index is 1.77. The van der Waals surface area contributed by atoms with Crippen LogP contribution in [0.15, 0.2) is 91.0 Å². The van der Waals surface area contributed by atoms with Crippen molar-refractivity contribution >= 4 is 16.7 Å². The van der Waals surface area contributed by atoms with Crippen molar-refractivity contribution in [2.75, 3.05) is 5.32 Å². The molecule has 0 saturated carbocycles. The Morgan fingerprint density at radius 2 is 1.28 bits per heavy atom. The fraction of sp³-hybridized carbons (Fsp3) is 0.0870. The van der Waals surface area contributed by atoms with Gasteiger partial charge in [-0.1, -0.05) is 78.9 Å². The monoisotopic (exact) mass is 324 g/mol. The molecule has 3 aromatic carbocycles. The molecule has 0 aliphatic carbocycles. The molecule has 1 heterocycles. The van der Waals surface area contributed by atoms with Crippen LogP contribution in [-0.2, 0) is 0 Å². The molecule has 0 unspecified atom stereocenters. The highest BCUT2D eigenvalue weighted by Gasteiger charge is 2.14. The molecule has 2 heteroatoms. The average molecular weight is 324 g/mol. The maximum Gasteiger partial charge on any atom is 0.127 e. The molecular formula is C23H20N2. The van der Waals surface area contributed by atoms with Crippen molar-refractivity contribution in [1.82, 2.24) is 4.98 Å². The van der Waals surface area contributed by atoms with Crippen LogP contribution in [0.2, 0.25) is 0 Å². The van der Waals surface area contributed by atoms with Gasteiger partial charge in [-0.05, 0) is 35.7 Å². The first-order valence-corrected chi connectivity index (χ1v) is 8.54. The minimum atomic E-state index is 0.0652. The summed E-state index contributed by atoms with van der Waals surface area (Å²) in [5.74, 6) is 0.897. The van der Waals surface area contributed by atoms with E-state index in [1.165, 1.54) is 22.1 Å². The molecule has 1 aromatic heterocycles. The van der Waals surface area contributed by atoms with Crippen LogP contribution in [0.4, 0.5) is 5.82 Å². The normalized spacial score (nSPS) is 11.0. The molecule has 0 radical (unpaired) electrons. The Hall–Kier alpha value is -3.13. The molecule has 0 aliphatic rings. The Bertz CT molecular complexity index is 939. The van der Waals surface area contributed by atoms with Crippen molar-refractivity contribution in [3.63, 3.8) is 0 Å². The molecule has 4 rings (SSSR count). The van der Waals surface area contributed by atoms with Gasteiger partial charge in [0.25, 0.3) is 0 Å². The second-order valence-corrected chi connectivity index (χ2v) is 6.24. The topological polar surface area (TPSA) is 24.9 Å². The van der Waals surface area contributed by atoms with Gasteiger partial charge < -0.3 is 5.32 Å². The highest BCUT2D eigenvalue weighted by atomic mass is 15.0. The Kier molecular flexibility index (Phi) is 4.17. The van der Waals surface area contributed by atoms with Crippen LogP contribution in [0.1, 0.15) is 22.7 Å². The second-order valence-electron chi connectivity index (χ2n) is 6.24. The SMILES string of the molecule is Cc1cc(NC(c2ccccc2)c2ccccc2)nc2ccccc12. The summed E-state index contributed by atoms with van der Waals surface area (Å²) in [6.45, 7) is 2.13. The van der Waals surface area contributed by atoms with Crippen molar-refractivity contribution < 1.29 is 0 Å². The zero-order valence-corrected chi connectivity index (χ0v) is 14.2. The zero-order valence-electron chi connectivity index (χ0n) is 14.2. The number of hydrogen-bond acceptors (Lipinski definition) is 2. The summed E-state index contributed by atoms with van der Waals surface area (Å²) in [6, 6.07) is 31.5. The molecule has 0 bridgehead atoms. The van der Waals surface area contributed by atoms with Crippen molar-refractivity contribution in [2.24, 2.45) is 0 Å². The molecule has 25 heavy (non-hydrogen) atoms. The number of nitrogens with zero attached hydrogens (tertiary/aromatic N) is 1. The van der Waals surface area contributed by atoms with Gasteiger partial charge in [0, 0.05) is 5.39 Å². The van der Waals surface area contributed by atoms with E-state index in [2.05, 4.69) is 85.0 Å². The summed E-state index contributed by atoms with van der Waals surface area (Å²) in [7, 11) is 0. The third kappa shape index (κ3) is 3.24. The van der Waals surface area contributed by atoms with Crippen LogP contribution in [0.3, 0.4) is 0 Å². The van der Waals surface area contributed by atoms with E-state index in [9.17, 15) is 0 Å². The van der Waals surface area contributed by atoms with Gasteiger partial charge in [0.2, 0.25) is 0 Å². The lowest BCUT2D eigenvalue weighted by molar-refractivity contribution is 0.928. The number of fused-ring (bicyclic) bond motifs is 1. The van der Waals surface area contributed by atoms with Crippen LogP contribution in [0.5, 0.6) is 0 Å². The molecule has 0 aliphatic heterocycles. The van der Waals surface area contributed by atoms with E-state index < -0.39 is 0 Å². The molecule has 4 aromatic rings. The average Bonchev–Trinajstić information content (AvgIpc) is 2.67. The molecule has 0 saturated heterocycles. The van der Waals surface area contributed by atoms with Crippen LogP contribution in [-0.4, -0.2) is 4.98 Å². The lowest BCUT2D eigenvalue weighted by atomic mass is 9.98. The highest BCUT2D eigenvalue weighted by Crippen LogP contribution is 2.28. The summed E-state index contributed by atoms with van der Waals surface area (Å²) in [4.78, 5) is 4.82. The first-order chi connectivity index (χ1) is 12.3. The smallest absolute Gasteiger partial charge is 0.127 e. The fourth-order valence-electron chi connectivity index (χ4n) is 3.22. The van der Waals surface area contributed by atoms with Gasteiger partial charge >= 0.3 is 0 Å². The van der Waals surface area contributed by atoms with E-state index in [0.29, 0.717) is 0 Å². The van der Waals surface area contributed by atoms with E-state index in [1.807, 2.05) is 18.2 Å². The van der Waals surface area contributed by atoms with Crippen molar-refractivity contribution in [3.05, 3.63) is 108 Å². The minimum Gasteiger partial charge on any atom is -0.359 e. The largest absolute Gasteiger partial charge is 0.359 e. The molecule has 1 N–H and O–H groups in total. The molecule has 122 valence electrons. The number of rotatable bonds is 4. The van der Waals surface area contributed by atoms with E-state index in [0.717, 1.165) is 11.3 Å².